The molecular formula is C11H12FNO. The van der Waals surface area contributed by atoms with Crippen LogP contribution in [0.15, 0.2) is 24.3 Å². The Kier molecular flexibility index (Phi) is 2.23. The molecule has 1 aromatic carbocycles. The van der Waals surface area contributed by atoms with Gasteiger partial charge in [-0.2, -0.15) is 0 Å². The van der Waals surface area contributed by atoms with E-state index in [1.165, 1.54) is 0 Å². The quantitative estimate of drug-likeness (QED) is 0.705. The summed E-state index contributed by atoms with van der Waals surface area (Å²) in [7, 11) is 0. The van der Waals surface area contributed by atoms with E-state index in [0.29, 0.717) is 5.56 Å². The van der Waals surface area contributed by atoms with Crippen LogP contribution in [-0.4, -0.2) is 24.0 Å². The molecule has 1 atom stereocenters. The van der Waals surface area contributed by atoms with Crippen molar-refractivity contribution in [2.75, 3.05) is 13.2 Å². The van der Waals surface area contributed by atoms with E-state index < -0.39 is 6.67 Å². The molecule has 0 aliphatic carbocycles. The molecule has 1 aliphatic heterocycles. The molecular weight excluding hydrogens is 181 g/mol. The molecule has 0 fully saturated rings. The molecule has 2 nitrogen and oxygen atoms in total. The van der Waals surface area contributed by atoms with Crippen LogP contribution in [0.4, 0.5) is 4.39 Å². The minimum absolute atomic E-state index is 0.00875. The van der Waals surface area contributed by atoms with Crippen molar-refractivity contribution in [3.63, 3.8) is 0 Å². The zero-order valence-corrected chi connectivity index (χ0v) is 8.03. The Morgan fingerprint density at radius 2 is 2.14 bits per heavy atom. The third-order valence-corrected chi connectivity index (χ3v) is 2.70. The number of fused-ring (bicyclic) bond motifs is 1. The van der Waals surface area contributed by atoms with Crippen molar-refractivity contribution in [2.45, 2.75) is 13.0 Å². The number of nitrogens with zero attached hydrogens (tertiary/aromatic N) is 1. The van der Waals surface area contributed by atoms with Crippen molar-refractivity contribution in [1.82, 2.24) is 4.90 Å². The van der Waals surface area contributed by atoms with E-state index in [4.69, 9.17) is 0 Å². The molecule has 0 radical (unpaired) electrons. The fraction of sp³-hybridized carbons (Fsp3) is 0.364. The number of hydrogen-bond acceptors (Lipinski definition) is 1. The molecule has 0 saturated carbocycles. The predicted molar refractivity (Wildman–Crippen MR) is 51.9 cm³/mol. The molecule has 1 aromatic rings. The van der Waals surface area contributed by atoms with Crippen molar-refractivity contribution in [1.29, 1.82) is 0 Å². The van der Waals surface area contributed by atoms with E-state index in [-0.39, 0.29) is 18.5 Å². The van der Waals surface area contributed by atoms with Gasteiger partial charge in [-0.3, -0.25) is 4.79 Å². The van der Waals surface area contributed by atoms with Crippen LogP contribution >= 0.6 is 0 Å². The van der Waals surface area contributed by atoms with Crippen molar-refractivity contribution in [3.05, 3.63) is 35.4 Å². The Morgan fingerprint density at radius 3 is 2.79 bits per heavy atom. The second-order valence-corrected chi connectivity index (χ2v) is 3.45. The molecule has 0 spiro atoms. The summed E-state index contributed by atoms with van der Waals surface area (Å²) in [5.74, 6) is -0.0502. The fourth-order valence-corrected chi connectivity index (χ4v) is 1.94. The Balaban J connectivity index is 2.38. The molecule has 0 bridgehead atoms. The summed E-state index contributed by atoms with van der Waals surface area (Å²) in [6.07, 6.45) is 0. The maximum atomic E-state index is 12.2. The van der Waals surface area contributed by atoms with Gasteiger partial charge in [0, 0.05) is 12.1 Å². The van der Waals surface area contributed by atoms with E-state index in [1.807, 2.05) is 25.1 Å². The van der Waals surface area contributed by atoms with Crippen LogP contribution in [0.5, 0.6) is 0 Å². The minimum Gasteiger partial charge on any atom is -0.329 e. The number of alkyl halides is 1. The zero-order chi connectivity index (χ0) is 10.1. The molecule has 1 heterocycles. The summed E-state index contributed by atoms with van der Waals surface area (Å²) in [5.41, 5.74) is 1.72. The Hall–Kier alpha value is -1.38. The van der Waals surface area contributed by atoms with E-state index in [0.717, 1.165) is 5.56 Å². The van der Waals surface area contributed by atoms with Crippen LogP contribution in [0.1, 0.15) is 28.9 Å². The van der Waals surface area contributed by atoms with Gasteiger partial charge in [0.05, 0.1) is 6.04 Å². The Morgan fingerprint density at radius 1 is 1.43 bits per heavy atom. The molecule has 0 aromatic heterocycles. The molecule has 0 saturated heterocycles. The number of rotatable bonds is 2. The van der Waals surface area contributed by atoms with Crippen molar-refractivity contribution in [3.8, 4) is 0 Å². The van der Waals surface area contributed by atoms with Crippen LogP contribution in [0.25, 0.3) is 0 Å². The number of carbonyl (C=O) groups excluding carboxylic acids is 1. The Bertz CT molecular complexity index is 364. The van der Waals surface area contributed by atoms with Crippen LogP contribution in [-0.2, 0) is 0 Å². The SMILES string of the molecule is CC1c2ccccc2C(=O)N1CCF. The van der Waals surface area contributed by atoms with E-state index in [1.54, 1.807) is 11.0 Å². The number of carbonyl (C=O) groups is 1. The lowest BCUT2D eigenvalue weighted by Gasteiger charge is -2.19. The molecule has 1 amide bonds. The van der Waals surface area contributed by atoms with Gasteiger partial charge in [0.15, 0.2) is 0 Å². The average Bonchev–Trinajstić information content (AvgIpc) is 2.45. The summed E-state index contributed by atoms with van der Waals surface area (Å²) < 4.78 is 12.2. The summed E-state index contributed by atoms with van der Waals surface area (Å²) >= 11 is 0. The summed E-state index contributed by atoms with van der Waals surface area (Å²) in [5, 5.41) is 0. The van der Waals surface area contributed by atoms with Gasteiger partial charge in [0.25, 0.3) is 5.91 Å². The third-order valence-electron chi connectivity index (χ3n) is 2.70. The van der Waals surface area contributed by atoms with Gasteiger partial charge < -0.3 is 4.90 Å². The Labute approximate surface area is 82.3 Å². The lowest BCUT2D eigenvalue weighted by molar-refractivity contribution is 0.0725. The maximum absolute atomic E-state index is 12.2. The lowest BCUT2D eigenvalue weighted by atomic mass is 10.1. The monoisotopic (exact) mass is 193 g/mol. The van der Waals surface area contributed by atoms with Gasteiger partial charge >= 0.3 is 0 Å². The third kappa shape index (κ3) is 1.20. The average molecular weight is 193 g/mol. The molecule has 1 aliphatic rings. The highest BCUT2D eigenvalue weighted by molar-refractivity contribution is 5.99. The second kappa shape index (κ2) is 3.40. The van der Waals surface area contributed by atoms with Crippen molar-refractivity contribution >= 4 is 5.91 Å². The number of hydrogen-bond donors (Lipinski definition) is 0. The lowest BCUT2D eigenvalue weighted by Crippen LogP contribution is -2.28. The highest BCUT2D eigenvalue weighted by Crippen LogP contribution is 2.32. The smallest absolute Gasteiger partial charge is 0.254 e. The van der Waals surface area contributed by atoms with Gasteiger partial charge in [-0.1, -0.05) is 18.2 Å². The van der Waals surface area contributed by atoms with E-state index in [9.17, 15) is 9.18 Å². The van der Waals surface area contributed by atoms with Crippen LogP contribution in [0, 0.1) is 0 Å². The van der Waals surface area contributed by atoms with Crippen LogP contribution in [0.3, 0.4) is 0 Å². The summed E-state index contributed by atoms with van der Waals surface area (Å²) in [6, 6.07) is 7.47. The first-order chi connectivity index (χ1) is 6.75. The van der Waals surface area contributed by atoms with Crippen molar-refractivity contribution in [2.24, 2.45) is 0 Å². The number of halogens is 1. The zero-order valence-electron chi connectivity index (χ0n) is 8.03. The van der Waals surface area contributed by atoms with Crippen molar-refractivity contribution < 1.29 is 9.18 Å². The van der Waals surface area contributed by atoms with Gasteiger partial charge in [-0.05, 0) is 18.6 Å². The standard InChI is InChI=1S/C11H12FNO/c1-8-9-4-2-3-5-10(9)11(14)13(8)7-6-12/h2-5,8H,6-7H2,1H3. The van der Waals surface area contributed by atoms with Crippen LogP contribution in [0.2, 0.25) is 0 Å². The molecule has 74 valence electrons. The largest absolute Gasteiger partial charge is 0.329 e. The van der Waals surface area contributed by atoms with E-state index >= 15 is 0 Å². The van der Waals surface area contributed by atoms with Gasteiger partial charge in [-0.25, -0.2) is 4.39 Å². The van der Waals surface area contributed by atoms with Gasteiger partial charge in [0.2, 0.25) is 0 Å². The molecule has 1 unspecified atom stereocenters. The van der Waals surface area contributed by atoms with E-state index in [2.05, 4.69) is 0 Å². The first-order valence-electron chi connectivity index (χ1n) is 4.71. The summed E-state index contributed by atoms with van der Waals surface area (Å²) in [6.45, 7) is 1.64. The van der Waals surface area contributed by atoms with Gasteiger partial charge in [0.1, 0.15) is 6.67 Å². The fourth-order valence-electron chi connectivity index (χ4n) is 1.94. The van der Waals surface area contributed by atoms with Gasteiger partial charge in [-0.15, -0.1) is 0 Å². The highest BCUT2D eigenvalue weighted by atomic mass is 19.1. The normalized spacial score (nSPS) is 20.0. The van der Waals surface area contributed by atoms with Crippen LogP contribution < -0.4 is 0 Å². The molecule has 3 heteroatoms. The second-order valence-electron chi connectivity index (χ2n) is 3.45. The highest BCUT2D eigenvalue weighted by Gasteiger charge is 2.32. The maximum Gasteiger partial charge on any atom is 0.254 e. The molecule has 0 N–H and O–H groups in total. The summed E-state index contributed by atoms with van der Waals surface area (Å²) in [4.78, 5) is 13.3. The molecule has 2 rings (SSSR count). The number of benzene rings is 1. The topological polar surface area (TPSA) is 20.3 Å². The molecule has 14 heavy (non-hydrogen) atoms. The first kappa shape index (κ1) is 9.19. The predicted octanol–water partition coefficient (Wildman–Crippen LogP) is 2.17. The minimum atomic E-state index is -0.482. The first-order valence-corrected chi connectivity index (χ1v) is 4.71. The number of amides is 1.